The van der Waals surface area contributed by atoms with Crippen LogP contribution in [0.3, 0.4) is 0 Å². The molecule has 0 saturated heterocycles. The van der Waals surface area contributed by atoms with Gasteiger partial charge >= 0.3 is 0 Å². The summed E-state index contributed by atoms with van der Waals surface area (Å²) in [5.41, 5.74) is 0. The topological polar surface area (TPSA) is 28.7 Å². The van der Waals surface area contributed by atoms with Gasteiger partial charge in [0.2, 0.25) is 0 Å². The van der Waals surface area contributed by atoms with Crippen LogP contribution >= 0.6 is 27.5 Å². The van der Waals surface area contributed by atoms with Gasteiger partial charge in [0, 0.05) is 0 Å². The number of halogens is 2. The summed E-state index contributed by atoms with van der Waals surface area (Å²) in [6.07, 6.45) is 1.52. The van der Waals surface area contributed by atoms with Crippen molar-refractivity contribution in [1.29, 1.82) is 0 Å². The van der Waals surface area contributed by atoms with Crippen LogP contribution in [0.2, 0.25) is 5.15 Å². The lowest BCUT2D eigenvalue weighted by Crippen LogP contribution is -1.56. The molecule has 0 bridgehead atoms. The molecule has 0 spiro atoms. The highest BCUT2D eigenvalue weighted by molar-refractivity contribution is 9.10. The van der Waals surface area contributed by atoms with E-state index in [9.17, 15) is 0 Å². The summed E-state index contributed by atoms with van der Waals surface area (Å²) in [4.78, 5) is 6.42. The molecule has 0 aliphatic rings. The molecule has 1 N–H and O–H groups in total. The van der Waals surface area contributed by atoms with Crippen LogP contribution in [0.4, 0.5) is 0 Å². The molecule has 2 nitrogen and oxygen atoms in total. The summed E-state index contributed by atoms with van der Waals surface area (Å²) in [6, 6.07) is 0. The fraction of sp³-hybridized carbons (Fsp3) is 0. The molecule has 4 heteroatoms. The third-order valence-corrected chi connectivity index (χ3v) is 1.67. The second-order valence-corrected chi connectivity index (χ2v) is 2.14. The Morgan fingerprint density at radius 1 is 1.86 bits per heavy atom. The van der Waals surface area contributed by atoms with Gasteiger partial charge in [-0.1, -0.05) is 11.6 Å². The Hall–Kier alpha value is -0.0200. The van der Waals surface area contributed by atoms with Crippen LogP contribution in [0.25, 0.3) is 0 Å². The Labute approximate surface area is 54.0 Å². The van der Waals surface area contributed by atoms with E-state index in [2.05, 4.69) is 25.9 Å². The van der Waals surface area contributed by atoms with E-state index >= 15 is 0 Å². The summed E-state index contributed by atoms with van der Waals surface area (Å²) in [6.45, 7) is 0. The lowest BCUT2D eigenvalue weighted by atomic mass is 10.9. The number of imidazole rings is 1. The second-order valence-electron chi connectivity index (χ2n) is 1.01. The van der Waals surface area contributed by atoms with Gasteiger partial charge in [0.25, 0.3) is 0 Å². The summed E-state index contributed by atoms with van der Waals surface area (Å²) in [5, 5.41) is 0.542. The Bertz CT molecular complexity index is 145. The average molecular weight is 181 g/mol. The summed E-state index contributed by atoms with van der Waals surface area (Å²) >= 11 is 8.55. The van der Waals surface area contributed by atoms with E-state index in [0.717, 1.165) is 0 Å². The van der Waals surface area contributed by atoms with Crippen LogP contribution in [0.15, 0.2) is 10.9 Å². The highest BCUT2D eigenvalue weighted by Gasteiger charge is 1.92. The first kappa shape index (κ1) is 5.12. The fourth-order valence-electron chi connectivity index (χ4n) is 0.262. The highest BCUT2D eigenvalue weighted by atomic mass is 79.9. The van der Waals surface area contributed by atoms with E-state index in [1.54, 1.807) is 0 Å². The maximum Gasteiger partial charge on any atom is 0.143 e. The molecule has 1 aromatic heterocycles. The minimum Gasteiger partial charge on any atom is -0.335 e. The normalized spacial score (nSPS) is 9.43. The van der Waals surface area contributed by atoms with Crippen LogP contribution in [0, 0.1) is 0 Å². The standard InChI is InChI=1S/C3H2BrClN2/c4-2-3(5)7-1-6-2/h1H,(H,6,7). The number of aromatic nitrogens is 2. The number of nitrogens with zero attached hydrogens (tertiary/aromatic N) is 1. The molecule has 0 aliphatic heterocycles. The summed E-state index contributed by atoms with van der Waals surface area (Å²) in [5.74, 6) is 0. The van der Waals surface area contributed by atoms with Crippen LogP contribution in [-0.4, -0.2) is 9.97 Å². The van der Waals surface area contributed by atoms with Crippen molar-refractivity contribution >= 4 is 27.5 Å². The van der Waals surface area contributed by atoms with Gasteiger partial charge in [-0.15, -0.1) is 0 Å². The van der Waals surface area contributed by atoms with Crippen molar-refractivity contribution in [2.24, 2.45) is 0 Å². The zero-order valence-electron chi connectivity index (χ0n) is 3.28. The van der Waals surface area contributed by atoms with Gasteiger partial charge in [-0.2, -0.15) is 0 Å². The van der Waals surface area contributed by atoms with E-state index in [1.165, 1.54) is 6.33 Å². The number of hydrogen-bond acceptors (Lipinski definition) is 1. The molecule has 1 heterocycles. The summed E-state index contributed by atoms with van der Waals surface area (Å²) < 4.78 is 0.661. The predicted octanol–water partition coefficient (Wildman–Crippen LogP) is 1.83. The highest BCUT2D eigenvalue weighted by Crippen LogP contribution is 2.14. The first-order chi connectivity index (χ1) is 3.30. The van der Waals surface area contributed by atoms with Gasteiger partial charge in [-0.3, -0.25) is 0 Å². The molecule has 0 aliphatic carbocycles. The number of aromatic amines is 1. The number of rotatable bonds is 0. The minimum absolute atomic E-state index is 0.542. The van der Waals surface area contributed by atoms with Crippen molar-refractivity contribution in [2.45, 2.75) is 0 Å². The van der Waals surface area contributed by atoms with Crippen LogP contribution in [0.1, 0.15) is 0 Å². The van der Waals surface area contributed by atoms with Crippen molar-refractivity contribution in [3.8, 4) is 0 Å². The van der Waals surface area contributed by atoms with E-state index in [-0.39, 0.29) is 0 Å². The average Bonchev–Trinajstić information content (AvgIpc) is 1.91. The molecule has 7 heavy (non-hydrogen) atoms. The molecular weight excluding hydrogens is 179 g/mol. The van der Waals surface area contributed by atoms with Crippen molar-refractivity contribution in [3.05, 3.63) is 16.1 Å². The Kier molecular flexibility index (Phi) is 1.35. The SMILES string of the molecule is Clc1[nH]cnc1Br. The molecule has 0 saturated carbocycles. The van der Waals surface area contributed by atoms with E-state index < -0.39 is 0 Å². The predicted molar refractivity (Wildman–Crippen MR) is 31.3 cm³/mol. The Morgan fingerprint density at radius 3 is 2.71 bits per heavy atom. The fourth-order valence-corrected chi connectivity index (χ4v) is 0.576. The van der Waals surface area contributed by atoms with Crippen LogP contribution in [0.5, 0.6) is 0 Å². The maximum absolute atomic E-state index is 5.46. The minimum atomic E-state index is 0.542. The molecule has 0 fully saturated rings. The van der Waals surface area contributed by atoms with Crippen molar-refractivity contribution in [2.75, 3.05) is 0 Å². The van der Waals surface area contributed by atoms with E-state index in [0.29, 0.717) is 9.76 Å². The first-order valence-electron chi connectivity index (χ1n) is 1.65. The molecule has 0 radical (unpaired) electrons. The molecule has 1 rings (SSSR count). The number of H-pyrrole nitrogens is 1. The number of nitrogens with one attached hydrogen (secondary N) is 1. The zero-order chi connectivity index (χ0) is 5.28. The van der Waals surface area contributed by atoms with Gasteiger partial charge < -0.3 is 4.98 Å². The Morgan fingerprint density at radius 2 is 2.57 bits per heavy atom. The molecule has 0 aromatic carbocycles. The monoisotopic (exact) mass is 180 g/mol. The second kappa shape index (κ2) is 1.84. The third-order valence-electron chi connectivity index (χ3n) is 0.550. The molecule has 1 aromatic rings. The van der Waals surface area contributed by atoms with Crippen LogP contribution < -0.4 is 0 Å². The molecular formula is C3H2BrClN2. The Balaban J connectivity index is 3.12. The van der Waals surface area contributed by atoms with E-state index in [1.807, 2.05) is 0 Å². The molecule has 0 unspecified atom stereocenters. The van der Waals surface area contributed by atoms with Crippen LogP contribution in [-0.2, 0) is 0 Å². The van der Waals surface area contributed by atoms with Gasteiger partial charge in [0.05, 0.1) is 6.33 Å². The maximum atomic E-state index is 5.46. The largest absolute Gasteiger partial charge is 0.335 e. The molecule has 0 atom stereocenters. The molecule has 38 valence electrons. The lowest BCUT2D eigenvalue weighted by molar-refractivity contribution is 1.30. The van der Waals surface area contributed by atoms with Gasteiger partial charge in [0.15, 0.2) is 0 Å². The first-order valence-corrected chi connectivity index (χ1v) is 2.82. The number of hydrogen-bond donors (Lipinski definition) is 1. The quantitative estimate of drug-likeness (QED) is 0.650. The van der Waals surface area contributed by atoms with Gasteiger partial charge in [-0.25, -0.2) is 4.98 Å². The van der Waals surface area contributed by atoms with Crippen molar-refractivity contribution < 1.29 is 0 Å². The van der Waals surface area contributed by atoms with Gasteiger partial charge in [0.1, 0.15) is 9.76 Å². The van der Waals surface area contributed by atoms with Crippen molar-refractivity contribution in [1.82, 2.24) is 9.97 Å². The smallest absolute Gasteiger partial charge is 0.143 e. The van der Waals surface area contributed by atoms with Gasteiger partial charge in [-0.05, 0) is 15.9 Å². The van der Waals surface area contributed by atoms with Crippen molar-refractivity contribution in [3.63, 3.8) is 0 Å². The molecule has 0 amide bonds. The zero-order valence-corrected chi connectivity index (χ0v) is 5.62. The summed E-state index contributed by atoms with van der Waals surface area (Å²) in [7, 11) is 0. The third kappa shape index (κ3) is 0.951. The van der Waals surface area contributed by atoms with E-state index in [4.69, 9.17) is 11.6 Å². The lowest BCUT2D eigenvalue weighted by Gasteiger charge is -1.73.